The topological polar surface area (TPSA) is 82.1 Å². The van der Waals surface area contributed by atoms with Crippen molar-refractivity contribution in [3.63, 3.8) is 0 Å². The summed E-state index contributed by atoms with van der Waals surface area (Å²) in [6, 6.07) is 9.32. The summed E-state index contributed by atoms with van der Waals surface area (Å²) in [5.74, 6) is -0.896. The molecule has 0 N–H and O–H groups in total. The number of hydrogen-bond acceptors (Lipinski definition) is 6. The zero-order chi connectivity index (χ0) is 19.9. The molecule has 1 amide bonds. The molecule has 0 unspecified atom stereocenters. The fourth-order valence-corrected chi connectivity index (χ4v) is 3.21. The summed E-state index contributed by atoms with van der Waals surface area (Å²) in [6.07, 6.45) is -0.430. The van der Waals surface area contributed by atoms with Crippen LogP contribution in [0.5, 0.6) is 0 Å². The van der Waals surface area contributed by atoms with Crippen LogP contribution >= 0.6 is 0 Å². The number of esters is 2. The Morgan fingerprint density at radius 2 is 1.89 bits per heavy atom. The highest BCUT2D eigenvalue weighted by molar-refractivity contribution is 6.76. The molecule has 7 nitrogen and oxygen atoms in total. The summed E-state index contributed by atoms with van der Waals surface area (Å²) in [5, 5.41) is 0. The highest BCUT2D eigenvalue weighted by Gasteiger charge is 2.39. The summed E-state index contributed by atoms with van der Waals surface area (Å²) in [7, 11) is -1.27. The van der Waals surface area contributed by atoms with E-state index in [2.05, 4.69) is 19.6 Å². The van der Waals surface area contributed by atoms with Gasteiger partial charge in [-0.15, -0.1) is 0 Å². The molecule has 1 saturated heterocycles. The Hall–Kier alpha value is -2.35. The molecule has 8 heteroatoms. The molecule has 1 fully saturated rings. The van der Waals surface area contributed by atoms with Gasteiger partial charge in [-0.1, -0.05) is 50.0 Å². The number of benzene rings is 1. The van der Waals surface area contributed by atoms with Crippen molar-refractivity contribution in [1.29, 1.82) is 0 Å². The Labute approximate surface area is 160 Å². The molecule has 1 aliphatic rings. The van der Waals surface area contributed by atoms with Gasteiger partial charge in [0.25, 0.3) is 0 Å². The third kappa shape index (κ3) is 7.05. The van der Waals surface area contributed by atoms with Gasteiger partial charge in [0, 0.05) is 14.5 Å². The molecule has 0 aromatic heterocycles. The van der Waals surface area contributed by atoms with Crippen molar-refractivity contribution in [1.82, 2.24) is 4.90 Å². The van der Waals surface area contributed by atoms with E-state index in [0.717, 1.165) is 11.6 Å². The van der Waals surface area contributed by atoms with Gasteiger partial charge < -0.3 is 14.2 Å². The molecule has 1 heterocycles. The van der Waals surface area contributed by atoms with E-state index >= 15 is 0 Å². The number of cyclic esters (lactones) is 1. The summed E-state index contributed by atoms with van der Waals surface area (Å²) in [6.45, 7) is 6.95. The van der Waals surface area contributed by atoms with E-state index in [1.807, 2.05) is 30.3 Å². The van der Waals surface area contributed by atoms with Crippen LogP contribution in [0.1, 0.15) is 18.4 Å². The lowest BCUT2D eigenvalue weighted by Crippen LogP contribution is -2.38. The van der Waals surface area contributed by atoms with Crippen LogP contribution in [0, 0.1) is 0 Å². The van der Waals surface area contributed by atoms with Crippen LogP contribution in [-0.2, 0) is 30.4 Å². The maximum atomic E-state index is 12.3. The molecule has 0 radical (unpaired) electrons. The molecule has 0 spiro atoms. The zero-order valence-electron chi connectivity index (χ0n) is 16.1. The van der Waals surface area contributed by atoms with Gasteiger partial charge in [0.2, 0.25) is 0 Å². The van der Waals surface area contributed by atoms with E-state index in [9.17, 15) is 14.4 Å². The van der Waals surface area contributed by atoms with Crippen molar-refractivity contribution in [2.75, 3.05) is 13.3 Å². The molecular weight excluding hydrogens is 366 g/mol. The van der Waals surface area contributed by atoms with Crippen LogP contribution < -0.4 is 0 Å². The second-order valence-corrected chi connectivity index (χ2v) is 13.3. The standard InChI is InChI=1S/C19H27NO6Si/c1-27(2,3)12-11-24-17(21)10-9-16-18(22)26-14-20(16)19(23)25-13-15-7-5-4-6-8-15/h4-8,16H,9-14H2,1-3H3/t16-/m0/s1. The van der Waals surface area contributed by atoms with Crippen molar-refractivity contribution < 1.29 is 28.6 Å². The highest BCUT2D eigenvalue weighted by atomic mass is 28.3. The first-order valence-corrected chi connectivity index (χ1v) is 12.8. The van der Waals surface area contributed by atoms with Crippen LogP contribution in [0.4, 0.5) is 4.79 Å². The third-order valence-electron chi connectivity index (χ3n) is 4.17. The highest BCUT2D eigenvalue weighted by Crippen LogP contribution is 2.19. The van der Waals surface area contributed by atoms with Crippen molar-refractivity contribution in [3.05, 3.63) is 35.9 Å². The average molecular weight is 394 g/mol. The third-order valence-corrected chi connectivity index (χ3v) is 5.87. The van der Waals surface area contributed by atoms with E-state index in [1.165, 1.54) is 4.90 Å². The second kappa shape index (κ2) is 9.54. The smallest absolute Gasteiger partial charge is 0.413 e. The monoisotopic (exact) mass is 393 g/mol. The second-order valence-electron chi connectivity index (χ2n) is 7.69. The van der Waals surface area contributed by atoms with E-state index in [4.69, 9.17) is 14.2 Å². The number of hydrogen-bond donors (Lipinski definition) is 0. The first-order valence-electron chi connectivity index (χ1n) is 9.06. The molecule has 148 valence electrons. The fraction of sp³-hybridized carbons (Fsp3) is 0.526. The number of rotatable bonds is 8. The molecule has 1 aliphatic heterocycles. The Balaban J connectivity index is 1.79. The van der Waals surface area contributed by atoms with Gasteiger partial charge in [0.1, 0.15) is 12.6 Å². The number of amides is 1. The van der Waals surface area contributed by atoms with Gasteiger partial charge >= 0.3 is 18.0 Å². The lowest BCUT2D eigenvalue weighted by molar-refractivity contribution is -0.143. The van der Waals surface area contributed by atoms with E-state index < -0.39 is 26.2 Å². The largest absolute Gasteiger partial charge is 0.466 e. The first-order chi connectivity index (χ1) is 12.8. The van der Waals surface area contributed by atoms with Crippen LogP contribution in [0.25, 0.3) is 0 Å². The lowest BCUT2D eigenvalue weighted by atomic mass is 10.1. The van der Waals surface area contributed by atoms with Crippen LogP contribution in [-0.4, -0.2) is 50.4 Å². The summed E-state index contributed by atoms with van der Waals surface area (Å²) in [5.41, 5.74) is 0.847. The average Bonchev–Trinajstić information content (AvgIpc) is 2.98. The van der Waals surface area contributed by atoms with Gasteiger partial charge in [-0.05, 0) is 18.0 Å². The minimum absolute atomic E-state index is 0.0495. The van der Waals surface area contributed by atoms with Crippen molar-refractivity contribution in [2.24, 2.45) is 0 Å². The predicted octanol–water partition coefficient (Wildman–Crippen LogP) is 3.17. The van der Waals surface area contributed by atoms with Gasteiger partial charge in [-0.3, -0.25) is 9.69 Å². The molecule has 1 atom stereocenters. The van der Waals surface area contributed by atoms with Crippen molar-refractivity contribution in [2.45, 2.75) is 51.2 Å². The SMILES string of the molecule is C[Si](C)(C)CCOC(=O)CC[C@H]1C(=O)OCN1C(=O)OCc1ccccc1. The summed E-state index contributed by atoms with van der Waals surface area (Å²) in [4.78, 5) is 37.3. The predicted molar refractivity (Wildman–Crippen MR) is 102 cm³/mol. The molecule has 1 aromatic rings. The fourth-order valence-electron chi connectivity index (χ4n) is 2.50. The van der Waals surface area contributed by atoms with Gasteiger partial charge in [0.05, 0.1) is 6.61 Å². The normalized spacial score (nSPS) is 16.8. The molecular formula is C19H27NO6Si. The van der Waals surface area contributed by atoms with Crippen LogP contribution in [0.15, 0.2) is 30.3 Å². The minimum atomic E-state index is -1.27. The van der Waals surface area contributed by atoms with Gasteiger partial charge in [-0.25, -0.2) is 9.59 Å². The minimum Gasteiger partial charge on any atom is -0.466 e. The van der Waals surface area contributed by atoms with E-state index in [1.54, 1.807) is 0 Å². The van der Waals surface area contributed by atoms with Gasteiger partial charge in [0.15, 0.2) is 6.73 Å². The van der Waals surface area contributed by atoms with E-state index in [0.29, 0.717) is 6.61 Å². The summed E-state index contributed by atoms with van der Waals surface area (Å²) < 4.78 is 15.4. The zero-order valence-corrected chi connectivity index (χ0v) is 17.1. The van der Waals surface area contributed by atoms with E-state index in [-0.39, 0.29) is 32.1 Å². The molecule has 0 saturated carbocycles. The Morgan fingerprint density at radius 1 is 1.19 bits per heavy atom. The van der Waals surface area contributed by atoms with Crippen molar-refractivity contribution in [3.8, 4) is 0 Å². The van der Waals surface area contributed by atoms with Crippen molar-refractivity contribution >= 4 is 26.1 Å². The lowest BCUT2D eigenvalue weighted by Gasteiger charge is -2.19. The maximum absolute atomic E-state index is 12.3. The molecule has 2 rings (SSSR count). The maximum Gasteiger partial charge on any atom is 0.413 e. The van der Waals surface area contributed by atoms with Crippen LogP contribution in [0.3, 0.4) is 0 Å². The van der Waals surface area contributed by atoms with Crippen LogP contribution in [0.2, 0.25) is 25.7 Å². The number of carbonyl (C=O) groups excluding carboxylic acids is 3. The molecule has 27 heavy (non-hydrogen) atoms. The quantitative estimate of drug-likeness (QED) is 0.383. The molecule has 0 bridgehead atoms. The Morgan fingerprint density at radius 3 is 2.56 bits per heavy atom. The Kier molecular flexibility index (Phi) is 7.41. The Bertz CT molecular complexity index is 658. The molecule has 0 aliphatic carbocycles. The number of nitrogens with zero attached hydrogens (tertiary/aromatic N) is 1. The molecule has 1 aromatic carbocycles. The van der Waals surface area contributed by atoms with Gasteiger partial charge in [-0.2, -0.15) is 0 Å². The first kappa shape index (κ1) is 21.0. The summed E-state index contributed by atoms with van der Waals surface area (Å²) >= 11 is 0. The number of ether oxygens (including phenoxy) is 3. The number of carbonyl (C=O) groups is 3.